The zero-order valence-electron chi connectivity index (χ0n) is 19.8. The van der Waals surface area contributed by atoms with Gasteiger partial charge in [-0.25, -0.2) is 0 Å². The Morgan fingerprint density at radius 3 is 1.59 bits per heavy atom. The number of hydrogen-bond donors (Lipinski definition) is 0. The van der Waals surface area contributed by atoms with Gasteiger partial charge in [-0.1, -0.05) is 57.1 Å². The molecule has 0 aromatic heterocycles. The molecule has 3 heteroatoms. The van der Waals surface area contributed by atoms with E-state index in [4.69, 9.17) is 9.98 Å². The molecule has 0 aliphatic rings. The molecule has 170 valence electrons. The van der Waals surface area contributed by atoms with E-state index in [-0.39, 0.29) is 20.4 Å². The summed E-state index contributed by atoms with van der Waals surface area (Å²) in [5, 5.41) is 0. The van der Waals surface area contributed by atoms with Gasteiger partial charge in [-0.3, -0.25) is 9.98 Å². The van der Waals surface area contributed by atoms with Gasteiger partial charge >= 0.3 is 0 Å². The Kier molecular flexibility index (Phi) is 14.0. The van der Waals surface area contributed by atoms with Crippen molar-refractivity contribution in [2.75, 3.05) is 0 Å². The predicted octanol–water partition coefficient (Wildman–Crippen LogP) is 8.04. The molecule has 0 amide bonds. The van der Waals surface area contributed by atoms with E-state index in [1.807, 2.05) is 44.2 Å². The minimum Gasteiger partial charge on any atom is -0.252 e. The molecule has 2 nitrogen and oxygen atoms in total. The van der Waals surface area contributed by atoms with Gasteiger partial charge in [-0.15, -0.1) is 11.8 Å². The molecule has 0 aliphatic carbocycles. The summed E-state index contributed by atoms with van der Waals surface area (Å²) < 4.78 is 0. The van der Waals surface area contributed by atoms with Crippen LogP contribution < -0.4 is 0 Å². The van der Waals surface area contributed by atoms with Crippen molar-refractivity contribution < 1.29 is 20.4 Å². The molecule has 0 unspecified atom stereocenters. The Labute approximate surface area is 208 Å². The maximum absolute atomic E-state index is 5.07. The number of hydrogen-bond acceptors (Lipinski definition) is 2. The largest absolute Gasteiger partial charge is 0.252 e. The van der Waals surface area contributed by atoms with Crippen molar-refractivity contribution in [2.45, 2.75) is 72.6 Å². The monoisotopic (exact) mass is 516 g/mol. The summed E-state index contributed by atoms with van der Waals surface area (Å²) in [6, 6.07) is 16.3. The maximum atomic E-state index is 5.07. The minimum absolute atomic E-state index is 0. The summed E-state index contributed by atoms with van der Waals surface area (Å²) in [7, 11) is 0. The van der Waals surface area contributed by atoms with Gasteiger partial charge < -0.3 is 0 Å². The van der Waals surface area contributed by atoms with Crippen molar-refractivity contribution in [3.63, 3.8) is 0 Å². The maximum Gasteiger partial charge on any atom is 0.0646 e. The standard InChI is InChI=1S/C29H34N2.Pd/c1-5-9-11-21-29(31-27-19-13-17-25(23-27)15-8-4)28(20-10-6-2)30-26-18-12-16-24(22-26)14-7-3;/h12-13,16-19,22-23H,5-6,9-11,20-21H2,1-4H3;/b30-28+,31-29+;. The van der Waals surface area contributed by atoms with Gasteiger partial charge in [0.15, 0.2) is 0 Å². The van der Waals surface area contributed by atoms with Crippen LogP contribution in [0.4, 0.5) is 11.4 Å². The molecule has 0 aliphatic heterocycles. The van der Waals surface area contributed by atoms with Crippen LogP contribution in [-0.2, 0) is 20.4 Å². The summed E-state index contributed by atoms with van der Waals surface area (Å²) in [4.78, 5) is 10.1. The van der Waals surface area contributed by atoms with Crippen LogP contribution in [0.5, 0.6) is 0 Å². The molecule has 2 aromatic carbocycles. The fraction of sp³-hybridized carbons (Fsp3) is 0.379. The number of unbranched alkanes of at least 4 members (excludes halogenated alkanes) is 3. The molecule has 0 saturated heterocycles. The molecule has 0 fully saturated rings. The quantitative estimate of drug-likeness (QED) is 0.132. The van der Waals surface area contributed by atoms with E-state index in [2.05, 4.69) is 55.7 Å². The van der Waals surface area contributed by atoms with E-state index in [0.29, 0.717) is 0 Å². The molecule has 0 N–H and O–H groups in total. The van der Waals surface area contributed by atoms with Crippen molar-refractivity contribution in [3.05, 3.63) is 59.7 Å². The Balaban J connectivity index is 0.00000512. The third-order valence-electron chi connectivity index (χ3n) is 4.88. The molecular formula is C29H34N2Pd. The van der Waals surface area contributed by atoms with Gasteiger partial charge in [0.2, 0.25) is 0 Å². The zero-order chi connectivity index (χ0) is 22.3. The predicted molar refractivity (Wildman–Crippen MR) is 136 cm³/mol. The molecule has 0 heterocycles. The Morgan fingerprint density at radius 1 is 0.688 bits per heavy atom. The van der Waals surface area contributed by atoms with Crippen molar-refractivity contribution in [1.82, 2.24) is 0 Å². The van der Waals surface area contributed by atoms with Crippen LogP contribution >= 0.6 is 0 Å². The van der Waals surface area contributed by atoms with Gasteiger partial charge in [-0.2, -0.15) is 0 Å². The first-order valence-electron chi connectivity index (χ1n) is 11.4. The molecule has 32 heavy (non-hydrogen) atoms. The van der Waals surface area contributed by atoms with Gasteiger partial charge in [0.25, 0.3) is 0 Å². The van der Waals surface area contributed by atoms with Crippen molar-refractivity contribution in [3.8, 4) is 23.7 Å². The van der Waals surface area contributed by atoms with Crippen LogP contribution in [0.15, 0.2) is 58.5 Å². The van der Waals surface area contributed by atoms with E-state index in [1.54, 1.807) is 0 Å². The molecule has 0 radical (unpaired) electrons. The van der Waals surface area contributed by atoms with E-state index >= 15 is 0 Å². The summed E-state index contributed by atoms with van der Waals surface area (Å²) >= 11 is 0. The van der Waals surface area contributed by atoms with Crippen LogP contribution in [0.3, 0.4) is 0 Å². The van der Waals surface area contributed by atoms with Crippen LogP contribution in [-0.4, -0.2) is 11.4 Å². The second-order valence-corrected chi connectivity index (χ2v) is 7.53. The molecule has 0 bridgehead atoms. The average molecular weight is 517 g/mol. The van der Waals surface area contributed by atoms with Crippen LogP contribution in [0.25, 0.3) is 0 Å². The third kappa shape index (κ3) is 9.79. The van der Waals surface area contributed by atoms with E-state index in [0.717, 1.165) is 66.0 Å². The van der Waals surface area contributed by atoms with E-state index < -0.39 is 0 Å². The molecule has 2 rings (SSSR count). The van der Waals surface area contributed by atoms with Crippen LogP contribution in [0.1, 0.15) is 83.8 Å². The Morgan fingerprint density at radius 2 is 1.16 bits per heavy atom. The van der Waals surface area contributed by atoms with Gasteiger partial charge in [0, 0.05) is 31.5 Å². The molecule has 0 atom stereocenters. The molecule has 0 spiro atoms. The van der Waals surface area contributed by atoms with Gasteiger partial charge in [0.1, 0.15) is 0 Å². The van der Waals surface area contributed by atoms with Gasteiger partial charge in [0.05, 0.1) is 22.8 Å². The fourth-order valence-corrected chi connectivity index (χ4v) is 3.32. The van der Waals surface area contributed by atoms with Crippen molar-refractivity contribution >= 4 is 22.8 Å². The molecule has 2 aromatic rings. The fourth-order valence-electron chi connectivity index (χ4n) is 3.32. The first-order valence-corrected chi connectivity index (χ1v) is 11.4. The summed E-state index contributed by atoms with van der Waals surface area (Å²) in [5.41, 5.74) is 6.06. The summed E-state index contributed by atoms with van der Waals surface area (Å²) in [5.74, 6) is 12.2. The van der Waals surface area contributed by atoms with Crippen molar-refractivity contribution in [2.24, 2.45) is 9.98 Å². The second-order valence-electron chi connectivity index (χ2n) is 7.53. The van der Waals surface area contributed by atoms with E-state index in [1.165, 1.54) is 12.8 Å². The smallest absolute Gasteiger partial charge is 0.0646 e. The number of benzene rings is 2. The number of nitrogens with zero attached hydrogens (tertiary/aromatic N) is 2. The van der Waals surface area contributed by atoms with Gasteiger partial charge in [-0.05, 0) is 75.9 Å². The minimum atomic E-state index is 0. The zero-order valence-corrected chi connectivity index (χ0v) is 21.3. The first-order chi connectivity index (χ1) is 15.2. The first kappa shape index (κ1) is 27.6. The Bertz CT molecular complexity index is 1030. The van der Waals surface area contributed by atoms with Crippen LogP contribution in [0, 0.1) is 23.7 Å². The SMILES string of the molecule is CC#Cc1cccc(/N=C(CCCC)/C(CCCCC)=N/c2cccc(C#CC)c2)c1.[Pd]. The summed E-state index contributed by atoms with van der Waals surface area (Å²) in [6.45, 7) is 8.17. The van der Waals surface area contributed by atoms with Crippen LogP contribution in [0.2, 0.25) is 0 Å². The Hall–Kier alpha value is -2.44. The normalized spacial score (nSPS) is 11.0. The van der Waals surface area contributed by atoms with E-state index in [9.17, 15) is 0 Å². The average Bonchev–Trinajstić information content (AvgIpc) is 2.77. The third-order valence-corrected chi connectivity index (χ3v) is 4.88. The van der Waals surface area contributed by atoms with Crippen molar-refractivity contribution in [1.29, 1.82) is 0 Å². The number of aliphatic imine (C=N–C) groups is 2. The molecular weight excluding hydrogens is 483 g/mol. The second kappa shape index (κ2) is 16.2. The topological polar surface area (TPSA) is 24.7 Å². The summed E-state index contributed by atoms with van der Waals surface area (Å²) in [6.07, 6.45) is 7.60. The molecule has 0 saturated carbocycles. The number of rotatable bonds is 10.